The smallest absolute Gasteiger partial charge is 0.0714 e. The van der Waals surface area contributed by atoms with Crippen molar-refractivity contribution in [3.63, 3.8) is 0 Å². The third kappa shape index (κ3) is 4.14. The lowest BCUT2D eigenvalue weighted by molar-refractivity contribution is 1.33. The Labute approximate surface area is 227 Å². The number of rotatable bonds is 4. The maximum absolute atomic E-state index is 4.73. The second-order valence-electron chi connectivity index (χ2n) is 9.74. The molecule has 7 rings (SSSR count). The molecule has 39 heavy (non-hydrogen) atoms. The van der Waals surface area contributed by atoms with Crippen molar-refractivity contribution in [3.05, 3.63) is 139 Å². The molecular weight excluding hydrogens is 474 g/mol. The molecule has 0 N–H and O–H groups in total. The summed E-state index contributed by atoms with van der Waals surface area (Å²) in [6.07, 6.45) is 5.55. The molecule has 3 heteroatoms. The summed E-state index contributed by atoms with van der Waals surface area (Å²) in [6.45, 7) is 2.22. The van der Waals surface area contributed by atoms with Gasteiger partial charge in [0.05, 0.1) is 16.9 Å². The van der Waals surface area contributed by atoms with Crippen LogP contribution >= 0.6 is 0 Å². The summed E-state index contributed by atoms with van der Waals surface area (Å²) in [4.78, 5) is 13.9. The molecule has 0 fully saturated rings. The third-order valence-corrected chi connectivity index (χ3v) is 7.44. The number of hydrogen-bond acceptors (Lipinski definition) is 3. The van der Waals surface area contributed by atoms with Crippen molar-refractivity contribution in [2.45, 2.75) is 6.92 Å². The van der Waals surface area contributed by atoms with Gasteiger partial charge < -0.3 is 0 Å². The van der Waals surface area contributed by atoms with Gasteiger partial charge in [0.15, 0.2) is 0 Å². The fraction of sp³-hybridized carbons (Fsp3) is 0.0278. The summed E-state index contributed by atoms with van der Waals surface area (Å²) in [5.41, 5.74) is 11.1. The predicted molar refractivity (Wildman–Crippen MR) is 161 cm³/mol. The zero-order valence-electron chi connectivity index (χ0n) is 21.5. The van der Waals surface area contributed by atoms with Crippen LogP contribution in [0.4, 0.5) is 0 Å². The molecule has 3 aromatic heterocycles. The van der Waals surface area contributed by atoms with E-state index in [-0.39, 0.29) is 0 Å². The zero-order valence-corrected chi connectivity index (χ0v) is 21.5. The van der Waals surface area contributed by atoms with Gasteiger partial charge in [0.1, 0.15) is 0 Å². The van der Waals surface area contributed by atoms with Crippen molar-refractivity contribution in [1.82, 2.24) is 15.0 Å². The molecule has 0 atom stereocenters. The minimum absolute atomic E-state index is 0.966. The number of fused-ring (bicyclic) bond motifs is 3. The Kier molecular flexibility index (Phi) is 5.68. The van der Waals surface area contributed by atoms with Crippen molar-refractivity contribution in [2.24, 2.45) is 0 Å². The van der Waals surface area contributed by atoms with Crippen molar-refractivity contribution < 1.29 is 0 Å². The van der Waals surface area contributed by atoms with Crippen molar-refractivity contribution >= 4 is 21.7 Å². The summed E-state index contributed by atoms with van der Waals surface area (Å²) < 4.78 is 0. The number of nitrogens with zero attached hydrogens (tertiary/aromatic N) is 3. The molecule has 0 saturated carbocycles. The monoisotopic (exact) mass is 499 g/mol. The first kappa shape index (κ1) is 23.0. The molecule has 184 valence electrons. The highest BCUT2D eigenvalue weighted by Crippen LogP contribution is 2.40. The van der Waals surface area contributed by atoms with Crippen LogP contribution in [0.15, 0.2) is 134 Å². The molecule has 3 nitrogen and oxygen atoms in total. The number of benzene rings is 4. The lowest BCUT2D eigenvalue weighted by Gasteiger charge is -2.16. The first-order chi connectivity index (χ1) is 19.3. The van der Waals surface area contributed by atoms with Gasteiger partial charge >= 0.3 is 0 Å². The molecule has 0 spiro atoms. The Morgan fingerprint density at radius 2 is 1.10 bits per heavy atom. The van der Waals surface area contributed by atoms with Gasteiger partial charge in [-0.3, -0.25) is 15.0 Å². The van der Waals surface area contributed by atoms with E-state index in [1.54, 1.807) is 0 Å². The van der Waals surface area contributed by atoms with Crippen molar-refractivity contribution in [2.75, 3.05) is 0 Å². The van der Waals surface area contributed by atoms with Crippen LogP contribution in [-0.2, 0) is 0 Å². The normalized spacial score (nSPS) is 11.2. The van der Waals surface area contributed by atoms with Crippen molar-refractivity contribution in [3.8, 4) is 44.8 Å². The molecule has 0 radical (unpaired) electrons. The highest BCUT2D eigenvalue weighted by Gasteiger charge is 2.15. The Bertz CT molecular complexity index is 1960. The van der Waals surface area contributed by atoms with Gasteiger partial charge in [-0.15, -0.1) is 0 Å². The zero-order chi connectivity index (χ0) is 26.2. The van der Waals surface area contributed by atoms with Crippen LogP contribution in [0.1, 0.15) is 5.56 Å². The van der Waals surface area contributed by atoms with Crippen LogP contribution in [0.25, 0.3) is 66.4 Å². The van der Waals surface area contributed by atoms with E-state index >= 15 is 0 Å². The van der Waals surface area contributed by atoms with Crippen LogP contribution < -0.4 is 0 Å². The molecule has 4 aromatic carbocycles. The quantitative estimate of drug-likeness (QED) is 0.227. The van der Waals surface area contributed by atoms with E-state index in [1.165, 1.54) is 38.6 Å². The molecule has 0 aliphatic rings. The average Bonchev–Trinajstić information content (AvgIpc) is 3.01. The van der Waals surface area contributed by atoms with E-state index in [9.17, 15) is 0 Å². The molecular formula is C36H25N3. The molecule has 0 aliphatic heterocycles. The van der Waals surface area contributed by atoms with Gasteiger partial charge in [0.2, 0.25) is 0 Å². The Morgan fingerprint density at radius 1 is 0.410 bits per heavy atom. The number of pyridine rings is 3. The fourth-order valence-electron chi connectivity index (χ4n) is 5.51. The van der Waals surface area contributed by atoms with Crippen LogP contribution in [0.3, 0.4) is 0 Å². The highest BCUT2D eigenvalue weighted by molar-refractivity contribution is 6.14. The van der Waals surface area contributed by atoms with E-state index in [0.717, 1.165) is 33.4 Å². The average molecular weight is 500 g/mol. The SMILES string of the molecule is Cc1c(-c2cccc(-c3ccccn3)c2)cccc1-c1cc2ncccc2c2ccc(-c3ccccn3)cc12. The molecule has 0 bridgehead atoms. The Hall–Kier alpha value is -5.15. The first-order valence-corrected chi connectivity index (χ1v) is 13.1. The summed E-state index contributed by atoms with van der Waals surface area (Å²) in [5, 5.41) is 3.54. The second-order valence-corrected chi connectivity index (χ2v) is 9.74. The summed E-state index contributed by atoms with van der Waals surface area (Å²) in [7, 11) is 0. The second kappa shape index (κ2) is 9.62. The minimum Gasteiger partial charge on any atom is -0.256 e. The molecule has 3 heterocycles. The fourth-order valence-corrected chi connectivity index (χ4v) is 5.51. The van der Waals surface area contributed by atoms with Gasteiger partial charge in [0, 0.05) is 35.1 Å². The molecule has 7 aromatic rings. The van der Waals surface area contributed by atoms with E-state index in [4.69, 9.17) is 4.98 Å². The van der Waals surface area contributed by atoms with Gasteiger partial charge in [-0.1, -0.05) is 66.7 Å². The summed E-state index contributed by atoms with van der Waals surface area (Å²) in [5.74, 6) is 0. The predicted octanol–water partition coefficient (Wildman–Crippen LogP) is 9.15. The summed E-state index contributed by atoms with van der Waals surface area (Å²) in [6, 6.07) is 40.3. The molecule has 0 amide bonds. The maximum Gasteiger partial charge on any atom is 0.0714 e. The van der Waals surface area contributed by atoms with Crippen LogP contribution in [0.5, 0.6) is 0 Å². The Morgan fingerprint density at radius 3 is 1.87 bits per heavy atom. The lowest BCUT2D eigenvalue weighted by Crippen LogP contribution is -1.93. The van der Waals surface area contributed by atoms with Gasteiger partial charge in [-0.2, -0.15) is 0 Å². The Balaban J connectivity index is 1.45. The molecule has 0 saturated heterocycles. The van der Waals surface area contributed by atoms with E-state index in [2.05, 4.69) is 102 Å². The largest absolute Gasteiger partial charge is 0.256 e. The van der Waals surface area contributed by atoms with Crippen LogP contribution in [0.2, 0.25) is 0 Å². The maximum atomic E-state index is 4.73. The lowest BCUT2D eigenvalue weighted by atomic mass is 9.88. The summed E-state index contributed by atoms with van der Waals surface area (Å²) >= 11 is 0. The van der Waals surface area contributed by atoms with E-state index in [0.29, 0.717) is 0 Å². The van der Waals surface area contributed by atoms with Crippen molar-refractivity contribution in [1.29, 1.82) is 0 Å². The molecule has 0 aliphatic carbocycles. The number of hydrogen-bond donors (Lipinski definition) is 0. The van der Waals surface area contributed by atoms with Gasteiger partial charge in [0.25, 0.3) is 0 Å². The number of aromatic nitrogens is 3. The third-order valence-electron chi connectivity index (χ3n) is 7.44. The molecule has 0 unspecified atom stereocenters. The van der Waals surface area contributed by atoms with Gasteiger partial charge in [-0.25, -0.2) is 0 Å². The van der Waals surface area contributed by atoms with Gasteiger partial charge in [-0.05, 0) is 94.0 Å². The standard InChI is InChI=1S/C36H25N3/c1-24-28(25-9-6-10-26(21-25)34-14-2-4-18-37-34)11-7-12-29(24)33-23-36-31(13-8-20-39-36)30-17-16-27(22-32(30)33)35-15-3-5-19-38-35/h2-23H,1H3. The van der Waals surface area contributed by atoms with Crippen LogP contribution in [0, 0.1) is 6.92 Å². The van der Waals surface area contributed by atoms with E-state index < -0.39 is 0 Å². The van der Waals surface area contributed by atoms with E-state index in [1.807, 2.05) is 48.9 Å². The first-order valence-electron chi connectivity index (χ1n) is 13.1. The highest BCUT2D eigenvalue weighted by atomic mass is 14.7. The minimum atomic E-state index is 0.966. The van der Waals surface area contributed by atoms with Crippen LogP contribution in [-0.4, -0.2) is 15.0 Å². The topological polar surface area (TPSA) is 38.7 Å².